The molecule has 3 fully saturated rings. The number of ether oxygens (including phenoxy) is 2. The van der Waals surface area contributed by atoms with Gasteiger partial charge in [-0.15, -0.1) is 0 Å². The van der Waals surface area contributed by atoms with Crippen molar-refractivity contribution in [2.24, 2.45) is 41.2 Å². The second-order valence-corrected chi connectivity index (χ2v) is 19.7. The second-order valence-electron chi connectivity index (χ2n) is 14.7. The Bertz CT molecular complexity index is 960. The van der Waals surface area contributed by atoms with E-state index in [0.29, 0.717) is 12.2 Å². The summed E-state index contributed by atoms with van der Waals surface area (Å²) in [5.74, 6) is 4.82. The van der Waals surface area contributed by atoms with E-state index < -0.39 is 8.07 Å². The zero-order valence-electron chi connectivity index (χ0n) is 24.3. The summed E-state index contributed by atoms with van der Waals surface area (Å²) in [7, 11) is -1.24. The summed E-state index contributed by atoms with van der Waals surface area (Å²) in [5, 5.41) is 1.68. The van der Waals surface area contributed by atoms with E-state index in [2.05, 4.69) is 56.1 Å². The van der Waals surface area contributed by atoms with Crippen LogP contribution in [-0.4, -0.2) is 39.0 Å². The molecule has 0 aromatic carbocycles. The molecule has 6 aliphatic rings. The van der Waals surface area contributed by atoms with Crippen molar-refractivity contribution in [3.05, 3.63) is 47.2 Å². The fourth-order valence-corrected chi connectivity index (χ4v) is 10.3. The maximum atomic E-state index is 7.02. The molecule has 0 bridgehead atoms. The van der Waals surface area contributed by atoms with Gasteiger partial charge in [0.15, 0.2) is 0 Å². The number of rotatable bonds is 6. The quantitative estimate of drug-likeness (QED) is 0.279. The zero-order valence-corrected chi connectivity index (χ0v) is 25.3. The van der Waals surface area contributed by atoms with Crippen LogP contribution < -0.4 is 5.73 Å². The molecule has 0 amide bonds. The molecule has 5 aliphatic carbocycles. The van der Waals surface area contributed by atoms with Crippen molar-refractivity contribution in [2.75, 3.05) is 6.61 Å². The first kappa shape index (κ1) is 27.2. The molecule has 6 rings (SSSR count). The lowest BCUT2D eigenvalue weighted by molar-refractivity contribution is -0.0462. The smallest absolute Gasteiger partial charge is 0.0911 e. The topological polar surface area (TPSA) is 44.5 Å². The molecule has 3 nitrogen and oxygen atoms in total. The van der Waals surface area contributed by atoms with Crippen molar-refractivity contribution in [1.82, 2.24) is 0 Å². The highest BCUT2D eigenvalue weighted by atomic mass is 28.3. The lowest BCUT2D eigenvalue weighted by Gasteiger charge is -2.41. The van der Waals surface area contributed by atoms with E-state index >= 15 is 0 Å². The first-order valence-electron chi connectivity index (χ1n) is 16.1. The standard InChI is InChI=1S/C34H53NO2Si/c1-38(2,3)27-9-6-8-25(20-27)26-18-19-32-30(21-26)29-11-7-10-28(34(29)37-32)24-16-14-23(15-17-24)22-36-33-13-5-4-12-31(33)35/h5-6,9,13-14,20,24-26,28-34H,4,7-8,10-12,15-19,21-22,35H2,1-3H3. The van der Waals surface area contributed by atoms with Crippen LogP contribution >= 0.6 is 0 Å². The molecule has 2 N–H and O–H groups in total. The minimum absolute atomic E-state index is 0.0998. The predicted octanol–water partition coefficient (Wildman–Crippen LogP) is 7.76. The molecule has 210 valence electrons. The molecule has 1 aliphatic heterocycles. The lowest BCUT2D eigenvalue weighted by atomic mass is 9.63. The zero-order chi connectivity index (χ0) is 26.3. The van der Waals surface area contributed by atoms with Crippen LogP contribution in [0.3, 0.4) is 0 Å². The largest absolute Gasteiger partial charge is 0.374 e. The Kier molecular flexibility index (Phi) is 8.25. The van der Waals surface area contributed by atoms with E-state index in [9.17, 15) is 0 Å². The monoisotopic (exact) mass is 535 g/mol. The number of nitrogens with two attached hydrogens (primary N) is 1. The highest BCUT2D eigenvalue weighted by Crippen LogP contribution is 2.54. The minimum atomic E-state index is -1.24. The first-order valence-corrected chi connectivity index (χ1v) is 19.6. The molecule has 0 aromatic heterocycles. The van der Waals surface area contributed by atoms with Crippen molar-refractivity contribution < 1.29 is 9.47 Å². The van der Waals surface area contributed by atoms with E-state index in [4.69, 9.17) is 15.2 Å². The van der Waals surface area contributed by atoms with Gasteiger partial charge in [-0.1, -0.05) is 67.7 Å². The summed E-state index contributed by atoms with van der Waals surface area (Å²) in [5.41, 5.74) is 7.77. The third kappa shape index (κ3) is 5.75. The molecule has 1 heterocycles. The molecular weight excluding hydrogens is 482 g/mol. The van der Waals surface area contributed by atoms with E-state index in [1.807, 2.05) is 0 Å². The lowest BCUT2D eigenvalue weighted by Crippen LogP contribution is -2.39. The van der Waals surface area contributed by atoms with E-state index in [0.717, 1.165) is 55.0 Å². The number of allylic oxidation sites excluding steroid dienone is 6. The van der Waals surface area contributed by atoms with Crippen molar-refractivity contribution >= 4 is 8.07 Å². The highest BCUT2D eigenvalue weighted by Gasteiger charge is 2.52. The average Bonchev–Trinajstić information content (AvgIpc) is 3.31. The van der Waals surface area contributed by atoms with Gasteiger partial charge in [0.2, 0.25) is 0 Å². The Morgan fingerprint density at radius 3 is 2.61 bits per heavy atom. The second kappa shape index (κ2) is 11.5. The van der Waals surface area contributed by atoms with Gasteiger partial charge < -0.3 is 15.2 Å². The normalized spacial score (nSPS) is 43.3. The molecule has 0 radical (unpaired) electrons. The Morgan fingerprint density at radius 1 is 0.947 bits per heavy atom. The Labute approximate surface area is 233 Å². The van der Waals surface area contributed by atoms with Gasteiger partial charge in [0.1, 0.15) is 0 Å². The number of hydrogen-bond acceptors (Lipinski definition) is 3. The molecule has 38 heavy (non-hydrogen) atoms. The maximum Gasteiger partial charge on any atom is 0.0911 e. The third-order valence-corrected chi connectivity index (χ3v) is 13.3. The van der Waals surface area contributed by atoms with Crippen LogP contribution in [0, 0.1) is 35.5 Å². The molecule has 4 heteroatoms. The fraction of sp³-hybridized carbons (Fsp3) is 0.765. The van der Waals surface area contributed by atoms with Gasteiger partial charge in [-0.3, -0.25) is 0 Å². The molecule has 10 unspecified atom stereocenters. The van der Waals surface area contributed by atoms with Gasteiger partial charge >= 0.3 is 0 Å². The Balaban J connectivity index is 1.06. The van der Waals surface area contributed by atoms with Gasteiger partial charge in [-0.2, -0.15) is 0 Å². The van der Waals surface area contributed by atoms with Crippen LogP contribution in [0.2, 0.25) is 19.6 Å². The molecule has 2 saturated carbocycles. The van der Waals surface area contributed by atoms with Crippen molar-refractivity contribution in [3.63, 3.8) is 0 Å². The third-order valence-electron chi connectivity index (χ3n) is 11.3. The van der Waals surface area contributed by atoms with Gasteiger partial charge in [0.25, 0.3) is 0 Å². The van der Waals surface area contributed by atoms with E-state index in [1.54, 1.807) is 5.20 Å². The van der Waals surface area contributed by atoms with Gasteiger partial charge in [0.05, 0.1) is 33.0 Å². The van der Waals surface area contributed by atoms with Crippen molar-refractivity contribution in [1.29, 1.82) is 0 Å². The van der Waals surface area contributed by atoms with Crippen LogP contribution in [0.25, 0.3) is 0 Å². The van der Waals surface area contributed by atoms with Crippen LogP contribution in [0.15, 0.2) is 47.2 Å². The summed E-state index contributed by atoms with van der Waals surface area (Å²) in [6, 6.07) is 0.159. The molecule has 0 aromatic rings. The van der Waals surface area contributed by atoms with E-state index in [1.165, 1.54) is 69.8 Å². The van der Waals surface area contributed by atoms with Gasteiger partial charge in [-0.25, -0.2) is 0 Å². The minimum Gasteiger partial charge on any atom is -0.374 e. The van der Waals surface area contributed by atoms with E-state index in [-0.39, 0.29) is 12.1 Å². The van der Waals surface area contributed by atoms with Gasteiger partial charge in [-0.05, 0) is 112 Å². The van der Waals surface area contributed by atoms with Crippen molar-refractivity contribution in [3.8, 4) is 0 Å². The molecular formula is C34H53NO2Si. The molecule has 1 saturated heterocycles. The number of fused-ring (bicyclic) bond motifs is 3. The summed E-state index contributed by atoms with van der Waals surface area (Å²) in [6.07, 6.45) is 31.2. The van der Waals surface area contributed by atoms with Crippen LogP contribution in [0.5, 0.6) is 0 Å². The number of hydrogen-bond donors (Lipinski definition) is 1. The predicted molar refractivity (Wildman–Crippen MR) is 161 cm³/mol. The summed E-state index contributed by atoms with van der Waals surface area (Å²) in [4.78, 5) is 0. The van der Waals surface area contributed by atoms with Crippen LogP contribution in [-0.2, 0) is 9.47 Å². The van der Waals surface area contributed by atoms with Crippen molar-refractivity contribution in [2.45, 2.75) is 121 Å². The summed E-state index contributed by atoms with van der Waals surface area (Å²) >= 11 is 0. The van der Waals surface area contributed by atoms with Gasteiger partial charge in [0, 0.05) is 6.04 Å². The summed E-state index contributed by atoms with van der Waals surface area (Å²) in [6.45, 7) is 8.26. The Hall–Kier alpha value is -0.943. The first-order chi connectivity index (χ1) is 18.4. The average molecular weight is 536 g/mol. The summed E-state index contributed by atoms with van der Waals surface area (Å²) < 4.78 is 13.2. The molecule has 0 spiro atoms. The van der Waals surface area contributed by atoms with Crippen LogP contribution in [0.4, 0.5) is 0 Å². The van der Waals surface area contributed by atoms with Crippen LogP contribution in [0.1, 0.15) is 77.0 Å². The molecule has 10 atom stereocenters. The fourth-order valence-electron chi connectivity index (χ4n) is 8.99. The SMILES string of the molecule is C[Si](C)(C)C1=CC(C2CCC3OC4C(C5CC=C(COC6C=CCCC6N)CC5)CCCC4C3C2)CC=C1. The highest BCUT2D eigenvalue weighted by molar-refractivity contribution is 6.83. The Morgan fingerprint density at radius 2 is 1.82 bits per heavy atom. The maximum absolute atomic E-state index is 7.02.